The molecule has 0 fully saturated rings. The minimum Gasteiger partial charge on any atom is -0.0622 e. The first-order chi connectivity index (χ1) is 20.9. The molecule has 0 nitrogen and oxygen atoms in total. The first-order valence-electron chi connectivity index (χ1n) is 14.6. The molecular weight excluding hydrogens is 504 g/mol. The summed E-state index contributed by atoms with van der Waals surface area (Å²) in [7, 11) is 0. The monoisotopic (exact) mass is 530 g/mol. The molecule has 9 aromatic carbocycles. The van der Waals surface area contributed by atoms with E-state index in [1.54, 1.807) is 0 Å². The fourth-order valence-electron chi connectivity index (χ4n) is 7.23. The Morgan fingerprint density at radius 2 is 0.643 bits per heavy atom. The van der Waals surface area contributed by atoms with Crippen molar-refractivity contribution in [2.75, 3.05) is 0 Å². The van der Waals surface area contributed by atoms with Gasteiger partial charge in [0.2, 0.25) is 0 Å². The second kappa shape index (κ2) is 9.03. The minimum atomic E-state index is 1.24. The van der Waals surface area contributed by atoms with Crippen molar-refractivity contribution in [2.45, 2.75) is 0 Å². The van der Waals surface area contributed by atoms with Crippen LogP contribution < -0.4 is 0 Å². The molecule has 0 heterocycles. The van der Waals surface area contributed by atoms with E-state index < -0.39 is 0 Å². The fraction of sp³-hybridized carbons (Fsp3) is 0. The molecule has 0 N–H and O–H groups in total. The molecule has 0 heteroatoms. The molecule has 0 spiro atoms. The number of hydrogen-bond acceptors (Lipinski definition) is 0. The minimum absolute atomic E-state index is 1.24. The summed E-state index contributed by atoms with van der Waals surface area (Å²) in [6.07, 6.45) is 0. The zero-order valence-corrected chi connectivity index (χ0v) is 23.0. The zero-order valence-electron chi connectivity index (χ0n) is 23.0. The molecule has 0 aliphatic heterocycles. The first-order valence-corrected chi connectivity index (χ1v) is 14.6. The van der Waals surface area contributed by atoms with Gasteiger partial charge in [-0.05, 0) is 87.2 Å². The van der Waals surface area contributed by atoms with Crippen LogP contribution in [0.1, 0.15) is 0 Å². The van der Waals surface area contributed by atoms with E-state index in [0.29, 0.717) is 0 Å². The standard InChI is InChI=1S/C42H26/c1-2-11-27(12-3-1)29-16-6-7-17-31(29)33-23-25-39-40-26-24-34(32-18-8-14-28-13-4-5-15-30(28)32)36-20-10-22-38(42(36)40)37-21-9-19-35(33)41(37)39/h1-26H. The molecule has 0 amide bonds. The van der Waals surface area contributed by atoms with Crippen LogP contribution in [0.3, 0.4) is 0 Å². The molecule has 9 rings (SSSR count). The lowest BCUT2D eigenvalue weighted by Crippen LogP contribution is -1.92. The highest BCUT2D eigenvalue weighted by Crippen LogP contribution is 2.46. The lowest BCUT2D eigenvalue weighted by molar-refractivity contribution is 1.60. The molecular formula is C42H26. The van der Waals surface area contributed by atoms with Crippen LogP contribution in [0.5, 0.6) is 0 Å². The molecule has 0 aliphatic carbocycles. The van der Waals surface area contributed by atoms with E-state index in [-0.39, 0.29) is 0 Å². The van der Waals surface area contributed by atoms with Crippen molar-refractivity contribution < 1.29 is 0 Å². The summed E-state index contributed by atoms with van der Waals surface area (Å²) in [5, 5.41) is 13.1. The molecule has 0 unspecified atom stereocenters. The van der Waals surface area contributed by atoms with E-state index in [9.17, 15) is 0 Å². The molecule has 0 aromatic heterocycles. The second-order valence-corrected chi connectivity index (χ2v) is 11.2. The average molecular weight is 531 g/mol. The molecule has 0 atom stereocenters. The number of hydrogen-bond donors (Lipinski definition) is 0. The predicted molar refractivity (Wildman–Crippen MR) is 181 cm³/mol. The highest BCUT2D eigenvalue weighted by Gasteiger charge is 2.18. The number of rotatable bonds is 3. The van der Waals surface area contributed by atoms with Gasteiger partial charge >= 0.3 is 0 Å². The molecule has 0 radical (unpaired) electrons. The van der Waals surface area contributed by atoms with Gasteiger partial charge in [0, 0.05) is 0 Å². The lowest BCUT2D eigenvalue weighted by Gasteiger charge is -2.19. The van der Waals surface area contributed by atoms with E-state index in [4.69, 9.17) is 0 Å². The molecule has 0 bridgehead atoms. The zero-order chi connectivity index (χ0) is 27.6. The smallest absolute Gasteiger partial charge is 0.00201 e. The number of fused-ring (bicyclic) bond motifs is 3. The van der Waals surface area contributed by atoms with Crippen LogP contribution in [0.15, 0.2) is 158 Å². The van der Waals surface area contributed by atoms with Gasteiger partial charge < -0.3 is 0 Å². The van der Waals surface area contributed by atoms with E-state index in [1.807, 2.05) is 0 Å². The third kappa shape index (κ3) is 3.30. The van der Waals surface area contributed by atoms with Gasteiger partial charge in [-0.3, -0.25) is 0 Å². The van der Waals surface area contributed by atoms with Crippen LogP contribution in [0.25, 0.3) is 87.2 Å². The van der Waals surface area contributed by atoms with Crippen LogP contribution in [0.4, 0.5) is 0 Å². The van der Waals surface area contributed by atoms with Gasteiger partial charge in [0.15, 0.2) is 0 Å². The van der Waals surface area contributed by atoms with Crippen LogP contribution in [-0.4, -0.2) is 0 Å². The lowest BCUT2D eigenvalue weighted by atomic mass is 9.84. The Balaban J connectivity index is 1.37. The Kier molecular flexibility index (Phi) is 5.00. The maximum atomic E-state index is 2.35. The number of benzene rings is 9. The van der Waals surface area contributed by atoms with Gasteiger partial charge in [-0.15, -0.1) is 0 Å². The van der Waals surface area contributed by atoms with Crippen molar-refractivity contribution in [3.8, 4) is 33.4 Å². The molecule has 0 aliphatic rings. The van der Waals surface area contributed by atoms with Crippen LogP contribution in [0.2, 0.25) is 0 Å². The van der Waals surface area contributed by atoms with Gasteiger partial charge in [0.25, 0.3) is 0 Å². The predicted octanol–water partition coefficient (Wildman–Crippen LogP) is 11.9. The van der Waals surface area contributed by atoms with Crippen molar-refractivity contribution in [3.05, 3.63) is 158 Å². The molecule has 0 saturated carbocycles. The van der Waals surface area contributed by atoms with E-state index in [0.717, 1.165) is 0 Å². The van der Waals surface area contributed by atoms with E-state index >= 15 is 0 Å². The highest BCUT2D eigenvalue weighted by molar-refractivity contribution is 6.35. The summed E-state index contributed by atoms with van der Waals surface area (Å²) in [5.41, 5.74) is 7.62. The summed E-state index contributed by atoms with van der Waals surface area (Å²) in [6.45, 7) is 0. The fourth-order valence-corrected chi connectivity index (χ4v) is 7.23. The Bertz CT molecular complexity index is 2420. The summed E-state index contributed by atoms with van der Waals surface area (Å²) in [6, 6.07) is 57.9. The maximum Gasteiger partial charge on any atom is -0.00201 e. The molecule has 42 heavy (non-hydrogen) atoms. The Labute approximate surface area is 244 Å². The van der Waals surface area contributed by atoms with Gasteiger partial charge in [-0.1, -0.05) is 158 Å². The van der Waals surface area contributed by atoms with Crippen LogP contribution in [-0.2, 0) is 0 Å². The van der Waals surface area contributed by atoms with Crippen molar-refractivity contribution in [3.63, 3.8) is 0 Å². The Hall–Kier alpha value is -5.46. The first kappa shape index (κ1) is 23.3. The Morgan fingerprint density at radius 3 is 1.36 bits per heavy atom. The maximum absolute atomic E-state index is 2.35. The molecule has 0 saturated heterocycles. The summed E-state index contributed by atoms with van der Waals surface area (Å²) >= 11 is 0. The van der Waals surface area contributed by atoms with Crippen LogP contribution in [0, 0.1) is 0 Å². The van der Waals surface area contributed by atoms with Gasteiger partial charge in [-0.2, -0.15) is 0 Å². The van der Waals surface area contributed by atoms with Crippen molar-refractivity contribution in [1.29, 1.82) is 0 Å². The molecule has 9 aromatic rings. The third-order valence-corrected chi connectivity index (χ3v) is 9.04. The van der Waals surface area contributed by atoms with E-state index in [2.05, 4.69) is 158 Å². The van der Waals surface area contributed by atoms with Crippen molar-refractivity contribution in [2.24, 2.45) is 0 Å². The normalized spacial score (nSPS) is 11.8. The van der Waals surface area contributed by atoms with Crippen molar-refractivity contribution in [1.82, 2.24) is 0 Å². The van der Waals surface area contributed by atoms with Crippen LogP contribution >= 0.6 is 0 Å². The molecule has 194 valence electrons. The second-order valence-electron chi connectivity index (χ2n) is 11.2. The topological polar surface area (TPSA) is 0 Å². The quantitative estimate of drug-likeness (QED) is 0.157. The van der Waals surface area contributed by atoms with Gasteiger partial charge in [0.05, 0.1) is 0 Å². The average Bonchev–Trinajstić information content (AvgIpc) is 3.07. The Morgan fingerprint density at radius 1 is 0.214 bits per heavy atom. The summed E-state index contributed by atoms with van der Waals surface area (Å²) in [4.78, 5) is 0. The SMILES string of the molecule is c1ccc(-c2ccccc2-c2ccc3c4ccc(-c5cccc6ccccc56)c5cccc(c6cccc2c63)c54)cc1. The third-order valence-electron chi connectivity index (χ3n) is 9.04. The highest BCUT2D eigenvalue weighted by atomic mass is 14.2. The summed E-state index contributed by atoms with van der Waals surface area (Å²) < 4.78 is 0. The largest absolute Gasteiger partial charge is 0.0622 e. The van der Waals surface area contributed by atoms with E-state index in [1.165, 1.54) is 87.2 Å². The van der Waals surface area contributed by atoms with Gasteiger partial charge in [0.1, 0.15) is 0 Å². The summed E-state index contributed by atoms with van der Waals surface area (Å²) in [5.74, 6) is 0. The van der Waals surface area contributed by atoms with Crippen molar-refractivity contribution >= 4 is 53.9 Å². The van der Waals surface area contributed by atoms with Gasteiger partial charge in [-0.25, -0.2) is 0 Å².